The summed E-state index contributed by atoms with van der Waals surface area (Å²) in [6, 6.07) is 6.20. The third kappa shape index (κ3) is 3.27. The van der Waals surface area contributed by atoms with Crippen molar-refractivity contribution in [2.24, 2.45) is 5.41 Å². The SMILES string of the molecule is COCC1(C(=O)N(C)c2ccc(C)cc2C)CCNCC1. The molecule has 1 aromatic rings. The van der Waals surface area contributed by atoms with Gasteiger partial charge in [0.05, 0.1) is 12.0 Å². The van der Waals surface area contributed by atoms with Gasteiger partial charge in [0, 0.05) is 19.8 Å². The van der Waals surface area contributed by atoms with Crippen LogP contribution in [0.25, 0.3) is 0 Å². The third-order valence-electron chi connectivity index (χ3n) is 4.45. The fraction of sp³-hybridized carbons (Fsp3) is 0.588. The lowest BCUT2D eigenvalue weighted by atomic mass is 9.78. The summed E-state index contributed by atoms with van der Waals surface area (Å²) in [6.45, 7) is 6.35. The van der Waals surface area contributed by atoms with Gasteiger partial charge in [0.25, 0.3) is 0 Å². The summed E-state index contributed by atoms with van der Waals surface area (Å²) in [5.41, 5.74) is 2.93. The molecule has 1 aromatic carbocycles. The average molecular weight is 290 g/mol. The van der Waals surface area contributed by atoms with Gasteiger partial charge in [0.1, 0.15) is 0 Å². The molecular formula is C17H26N2O2. The van der Waals surface area contributed by atoms with Gasteiger partial charge < -0.3 is 15.0 Å². The Kier molecular flexibility index (Phi) is 5.01. The minimum absolute atomic E-state index is 0.165. The summed E-state index contributed by atoms with van der Waals surface area (Å²) < 4.78 is 5.37. The summed E-state index contributed by atoms with van der Waals surface area (Å²) in [7, 11) is 3.55. The van der Waals surface area contributed by atoms with Crippen LogP contribution in [0, 0.1) is 19.3 Å². The van der Waals surface area contributed by atoms with Gasteiger partial charge in [0.15, 0.2) is 0 Å². The molecule has 21 heavy (non-hydrogen) atoms. The molecule has 0 saturated carbocycles. The molecule has 1 fully saturated rings. The highest BCUT2D eigenvalue weighted by Gasteiger charge is 2.41. The standard InChI is InChI=1S/C17H26N2O2/c1-13-5-6-15(14(2)11-13)19(3)16(20)17(12-21-4)7-9-18-10-8-17/h5-6,11,18H,7-10,12H2,1-4H3. The zero-order valence-electron chi connectivity index (χ0n) is 13.5. The molecule has 0 unspecified atom stereocenters. The minimum Gasteiger partial charge on any atom is -0.384 e. The van der Waals surface area contributed by atoms with Crippen LogP contribution < -0.4 is 10.2 Å². The van der Waals surface area contributed by atoms with E-state index in [9.17, 15) is 4.79 Å². The summed E-state index contributed by atoms with van der Waals surface area (Å²) >= 11 is 0. The van der Waals surface area contributed by atoms with Crippen molar-refractivity contribution in [3.8, 4) is 0 Å². The van der Waals surface area contributed by atoms with Gasteiger partial charge in [-0.15, -0.1) is 0 Å². The lowest BCUT2D eigenvalue weighted by Crippen LogP contribution is -2.50. The van der Waals surface area contributed by atoms with Gasteiger partial charge in [-0.1, -0.05) is 17.7 Å². The Hall–Kier alpha value is -1.39. The Labute approximate surface area is 127 Å². The lowest BCUT2D eigenvalue weighted by Gasteiger charge is -2.38. The van der Waals surface area contributed by atoms with Gasteiger partial charge >= 0.3 is 0 Å². The molecule has 0 spiro atoms. The average Bonchev–Trinajstić information content (AvgIpc) is 2.47. The second-order valence-corrected chi connectivity index (χ2v) is 6.12. The van der Waals surface area contributed by atoms with Crippen LogP contribution in [0.1, 0.15) is 24.0 Å². The number of aryl methyl sites for hydroxylation is 2. The molecule has 4 heteroatoms. The molecule has 0 atom stereocenters. The van der Waals surface area contributed by atoms with Crippen LogP contribution in [-0.4, -0.2) is 39.8 Å². The zero-order chi connectivity index (χ0) is 15.5. The molecule has 0 bridgehead atoms. The Bertz CT molecular complexity index is 502. The number of anilines is 1. The van der Waals surface area contributed by atoms with Crippen LogP contribution in [0.5, 0.6) is 0 Å². The molecule has 1 heterocycles. The second-order valence-electron chi connectivity index (χ2n) is 6.12. The Morgan fingerprint density at radius 3 is 2.57 bits per heavy atom. The molecule has 1 saturated heterocycles. The first-order valence-corrected chi connectivity index (χ1v) is 7.55. The smallest absolute Gasteiger partial charge is 0.235 e. The van der Waals surface area contributed by atoms with Crippen molar-refractivity contribution in [3.63, 3.8) is 0 Å². The highest BCUT2D eigenvalue weighted by Crippen LogP contribution is 2.33. The van der Waals surface area contributed by atoms with Crippen molar-refractivity contribution in [1.29, 1.82) is 0 Å². The van der Waals surface area contributed by atoms with Crippen LogP contribution in [-0.2, 0) is 9.53 Å². The van der Waals surface area contributed by atoms with E-state index >= 15 is 0 Å². The molecule has 1 N–H and O–H groups in total. The van der Waals surface area contributed by atoms with Gasteiger partial charge in [-0.25, -0.2) is 0 Å². The van der Waals surface area contributed by atoms with Crippen LogP contribution >= 0.6 is 0 Å². The molecule has 2 rings (SSSR count). The number of hydrogen-bond donors (Lipinski definition) is 1. The number of piperidine rings is 1. The number of carbonyl (C=O) groups is 1. The lowest BCUT2D eigenvalue weighted by molar-refractivity contribution is -0.133. The maximum absolute atomic E-state index is 13.1. The molecule has 0 aromatic heterocycles. The van der Waals surface area contributed by atoms with E-state index in [0.29, 0.717) is 6.61 Å². The van der Waals surface area contributed by atoms with Crippen molar-refractivity contribution >= 4 is 11.6 Å². The van der Waals surface area contributed by atoms with Crippen molar-refractivity contribution in [3.05, 3.63) is 29.3 Å². The van der Waals surface area contributed by atoms with Crippen LogP contribution in [0.4, 0.5) is 5.69 Å². The zero-order valence-corrected chi connectivity index (χ0v) is 13.5. The Morgan fingerprint density at radius 1 is 1.33 bits per heavy atom. The van der Waals surface area contributed by atoms with Crippen molar-refractivity contribution in [1.82, 2.24) is 5.32 Å². The predicted molar refractivity (Wildman–Crippen MR) is 85.7 cm³/mol. The van der Waals surface area contributed by atoms with E-state index in [4.69, 9.17) is 4.74 Å². The summed E-state index contributed by atoms with van der Waals surface area (Å²) in [4.78, 5) is 14.9. The number of nitrogens with zero attached hydrogens (tertiary/aromatic N) is 1. The molecule has 1 amide bonds. The van der Waals surface area contributed by atoms with Gasteiger partial charge in [-0.2, -0.15) is 0 Å². The van der Waals surface area contributed by atoms with Gasteiger partial charge in [-0.05, 0) is 51.4 Å². The van der Waals surface area contributed by atoms with Crippen molar-refractivity contribution in [2.75, 3.05) is 38.8 Å². The Balaban J connectivity index is 2.27. The number of rotatable bonds is 4. The van der Waals surface area contributed by atoms with Crippen LogP contribution in [0.15, 0.2) is 18.2 Å². The second kappa shape index (κ2) is 6.58. The largest absolute Gasteiger partial charge is 0.384 e. The molecule has 0 aliphatic carbocycles. The van der Waals surface area contributed by atoms with E-state index < -0.39 is 5.41 Å². The first kappa shape index (κ1) is 16.0. The maximum atomic E-state index is 13.1. The topological polar surface area (TPSA) is 41.6 Å². The molecule has 1 aliphatic heterocycles. The normalized spacial score (nSPS) is 17.5. The Morgan fingerprint density at radius 2 is 2.00 bits per heavy atom. The van der Waals surface area contributed by atoms with Crippen LogP contribution in [0.3, 0.4) is 0 Å². The monoisotopic (exact) mass is 290 g/mol. The molecule has 0 radical (unpaired) electrons. The van der Waals surface area contributed by atoms with Crippen molar-refractivity contribution < 1.29 is 9.53 Å². The third-order valence-corrected chi connectivity index (χ3v) is 4.45. The van der Waals surface area contributed by atoms with E-state index in [0.717, 1.165) is 37.2 Å². The van der Waals surface area contributed by atoms with Crippen molar-refractivity contribution in [2.45, 2.75) is 26.7 Å². The number of amides is 1. The minimum atomic E-state index is -0.397. The fourth-order valence-corrected chi connectivity index (χ4v) is 3.25. The van der Waals surface area contributed by atoms with E-state index in [1.165, 1.54) is 5.56 Å². The molecule has 4 nitrogen and oxygen atoms in total. The quantitative estimate of drug-likeness (QED) is 0.925. The van der Waals surface area contributed by atoms with E-state index in [1.807, 2.05) is 13.1 Å². The van der Waals surface area contributed by atoms with E-state index in [-0.39, 0.29) is 5.91 Å². The van der Waals surface area contributed by atoms with Gasteiger partial charge in [-0.3, -0.25) is 4.79 Å². The van der Waals surface area contributed by atoms with Gasteiger partial charge in [0.2, 0.25) is 5.91 Å². The first-order valence-electron chi connectivity index (χ1n) is 7.55. The molecular weight excluding hydrogens is 264 g/mol. The summed E-state index contributed by atoms with van der Waals surface area (Å²) in [6.07, 6.45) is 1.66. The fourth-order valence-electron chi connectivity index (χ4n) is 3.25. The maximum Gasteiger partial charge on any atom is 0.235 e. The first-order chi connectivity index (χ1) is 10.00. The number of methoxy groups -OCH3 is 1. The van der Waals surface area contributed by atoms with E-state index in [1.54, 1.807) is 12.0 Å². The highest BCUT2D eigenvalue weighted by molar-refractivity contribution is 5.98. The number of nitrogens with one attached hydrogen (secondary N) is 1. The number of ether oxygens (including phenoxy) is 1. The number of hydrogen-bond acceptors (Lipinski definition) is 3. The summed E-state index contributed by atoms with van der Waals surface area (Å²) in [5, 5.41) is 3.32. The van der Waals surface area contributed by atoms with Crippen LogP contribution in [0.2, 0.25) is 0 Å². The highest BCUT2D eigenvalue weighted by atomic mass is 16.5. The molecule has 116 valence electrons. The van der Waals surface area contributed by atoms with E-state index in [2.05, 4.69) is 31.3 Å². The number of carbonyl (C=O) groups excluding carboxylic acids is 1. The number of benzene rings is 1. The summed E-state index contributed by atoms with van der Waals surface area (Å²) in [5.74, 6) is 0.165. The molecule has 1 aliphatic rings. The predicted octanol–water partition coefficient (Wildman–Crippen LogP) is 2.28.